The first-order chi connectivity index (χ1) is 15.8. The highest BCUT2D eigenvalue weighted by Crippen LogP contribution is 2.48. The Kier molecular flexibility index (Phi) is 5.14. The van der Waals surface area contributed by atoms with E-state index in [4.69, 9.17) is 28.4 Å². The van der Waals surface area contributed by atoms with Crippen LogP contribution in [0.15, 0.2) is 48.5 Å². The molecule has 0 aromatic heterocycles. The molecule has 0 amide bonds. The molecule has 3 aliphatic rings. The molecule has 3 unspecified atom stereocenters. The summed E-state index contributed by atoms with van der Waals surface area (Å²) in [6.07, 6.45) is 0.463. The lowest BCUT2D eigenvalue weighted by atomic mass is 9.94. The molecule has 0 aliphatic carbocycles. The maximum atomic E-state index is 6.37. The van der Waals surface area contributed by atoms with Crippen LogP contribution in [0.5, 0.6) is 17.2 Å². The second kappa shape index (κ2) is 8.28. The molecule has 6 nitrogen and oxygen atoms in total. The Hall–Kier alpha value is -2.80. The van der Waals surface area contributed by atoms with E-state index in [1.165, 1.54) is 0 Å². The average Bonchev–Trinajstić information content (AvgIpc) is 3.66. The minimum absolute atomic E-state index is 0.134. The van der Waals surface area contributed by atoms with E-state index in [2.05, 4.69) is 43.3 Å². The highest BCUT2D eigenvalue weighted by molar-refractivity contribution is 6.03. The fourth-order valence-corrected chi connectivity index (χ4v) is 3.89. The average molecular weight is 434 g/mol. The van der Waals surface area contributed by atoms with Crippen LogP contribution in [0.2, 0.25) is 0 Å². The lowest BCUT2D eigenvalue weighted by Gasteiger charge is -2.21. The Labute approximate surface area is 186 Å². The molecule has 0 saturated carbocycles. The van der Waals surface area contributed by atoms with E-state index >= 15 is 0 Å². The van der Waals surface area contributed by atoms with Gasteiger partial charge in [0.25, 0.3) is 0 Å². The van der Waals surface area contributed by atoms with Crippen molar-refractivity contribution in [2.75, 3.05) is 39.6 Å². The van der Waals surface area contributed by atoms with Gasteiger partial charge >= 0.3 is 0 Å². The smallest absolute Gasteiger partial charge is 0.169 e. The SMILES string of the molecule is Cc1cccc(-c2c(OCC3CO3)c(OCC3CO3)cc3ccccc23)c1OCC1CO1. The van der Waals surface area contributed by atoms with Crippen molar-refractivity contribution >= 4 is 10.8 Å². The van der Waals surface area contributed by atoms with Crippen molar-refractivity contribution < 1.29 is 28.4 Å². The minimum atomic E-state index is 0.134. The number of aryl methyl sites for hydroxylation is 1. The number of hydrogen-bond donors (Lipinski definition) is 0. The first-order valence-electron chi connectivity index (χ1n) is 11.1. The third-order valence-electron chi connectivity index (χ3n) is 5.91. The normalized spacial score (nSPS) is 23.1. The summed E-state index contributed by atoms with van der Waals surface area (Å²) in [6, 6.07) is 16.6. The fraction of sp³-hybridized carbons (Fsp3) is 0.385. The van der Waals surface area contributed by atoms with Crippen LogP contribution in [-0.4, -0.2) is 58.0 Å². The molecule has 6 rings (SSSR count). The van der Waals surface area contributed by atoms with E-state index in [-0.39, 0.29) is 18.3 Å². The number of para-hydroxylation sites is 1. The second-order valence-electron chi connectivity index (χ2n) is 8.55. The number of fused-ring (bicyclic) bond motifs is 1. The van der Waals surface area contributed by atoms with Gasteiger partial charge in [-0.2, -0.15) is 0 Å². The van der Waals surface area contributed by atoms with Crippen molar-refractivity contribution in [3.8, 4) is 28.4 Å². The van der Waals surface area contributed by atoms with Crippen molar-refractivity contribution in [3.63, 3.8) is 0 Å². The van der Waals surface area contributed by atoms with Gasteiger partial charge in [0.15, 0.2) is 11.5 Å². The summed E-state index contributed by atoms with van der Waals surface area (Å²) in [5.41, 5.74) is 3.04. The van der Waals surface area contributed by atoms with Crippen LogP contribution in [0.3, 0.4) is 0 Å². The Morgan fingerprint density at radius 1 is 0.750 bits per heavy atom. The van der Waals surface area contributed by atoms with Crippen LogP contribution in [0.4, 0.5) is 0 Å². The molecule has 3 aromatic rings. The second-order valence-corrected chi connectivity index (χ2v) is 8.55. The summed E-state index contributed by atoms with van der Waals surface area (Å²) < 4.78 is 35.0. The summed E-state index contributed by atoms with van der Waals surface area (Å²) in [4.78, 5) is 0. The molecule has 166 valence electrons. The molecule has 0 N–H and O–H groups in total. The van der Waals surface area contributed by atoms with Crippen molar-refractivity contribution in [2.24, 2.45) is 0 Å². The lowest BCUT2D eigenvalue weighted by molar-refractivity contribution is 0.229. The van der Waals surface area contributed by atoms with E-state index in [1.54, 1.807) is 0 Å². The number of ether oxygens (including phenoxy) is 6. The van der Waals surface area contributed by atoms with Crippen LogP contribution in [0.25, 0.3) is 21.9 Å². The van der Waals surface area contributed by atoms with E-state index in [9.17, 15) is 0 Å². The number of benzene rings is 3. The van der Waals surface area contributed by atoms with E-state index in [0.29, 0.717) is 25.6 Å². The molecule has 3 fully saturated rings. The first kappa shape index (κ1) is 19.9. The molecule has 0 bridgehead atoms. The Balaban J connectivity index is 1.50. The lowest BCUT2D eigenvalue weighted by Crippen LogP contribution is -2.10. The predicted molar refractivity (Wildman–Crippen MR) is 120 cm³/mol. The number of epoxide rings is 3. The fourth-order valence-electron chi connectivity index (χ4n) is 3.89. The van der Waals surface area contributed by atoms with Gasteiger partial charge in [-0.05, 0) is 29.3 Å². The number of hydrogen-bond acceptors (Lipinski definition) is 6. The third kappa shape index (κ3) is 4.26. The maximum absolute atomic E-state index is 6.37. The minimum Gasteiger partial charge on any atom is -0.490 e. The third-order valence-corrected chi connectivity index (χ3v) is 5.91. The topological polar surface area (TPSA) is 65.3 Å². The molecular weight excluding hydrogens is 408 g/mol. The highest BCUT2D eigenvalue weighted by atomic mass is 16.6. The van der Waals surface area contributed by atoms with Gasteiger partial charge in [-0.1, -0.05) is 42.5 Å². The zero-order chi connectivity index (χ0) is 21.5. The summed E-state index contributed by atoms with van der Waals surface area (Å²) in [5.74, 6) is 2.29. The maximum Gasteiger partial charge on any atom is 0.169 e. The first-order valence-corrected chi connectivity index (χ1v) is 11.1. The molecule has 0 radical (unpaired) electrons. The molecule has 3 aromatic carbocycles. The van der Waals surface area contributed by atoms with Crippen LogP contribution < -0.4 is 14.2 Å². The molecule has 6 heteroatoms. The highest BCUT2D eigenvalue weighted by Gasteiger charge is 2.29. The molecule has 3 heterocycles. The summed E-state index contributed by atoms with van der Waals surface area (Å²) in [5, 5.41) is 2.18. The molecule has 32 heavy (non-hydrogen) atoms. The zero-order valence-electron chi connectivity index (χ0n) is 18.0. The van der Waals surface area contributed by atoms with Gasteiger partial charge in [0.05, 0.1) is 19.8 Å². The van der Waals surface area contributed by atoms with Gasteiger partial charge in [-0.3, -0.25) is 0 Å². The summed E-state index contributed by atoms with van der Waals surface area (Å²) in [7, 11) is 0. The van der Waals surface area contributed by atoms with Gasteiger partial charge in [0.2, 0.25) is 0 Å². The van der Waals surface area contributed by atoms with Crippen molar-refractivity contribution in [3.05, 3.63) is 54.1 Å². The van der Waals surface area contributed by atoms with Crippen LogP contribution in [0.1, 0.15) is 5.56 Å². The molecule has 3 atom stereocenters. The van der Waals surface area contributed by atoms with Crippen LogP contribution in [-0.2, 0) is 14.2 Å². The van der Waals surface area contributed by atoms with Gasteiger partial charge in [-0.15, -0.1) is 0 Å². The predicted octanol–water partition coefficient (Wildman–Crippen LogP) is 4.15. The Bertz CT molecular complexity index is 1130. The number of rotatable bonds is 10. The van der Waals surface area contributed by atoms with Gasteiger partial charge in [-0.25, -0.2) is 0 Å². The van der Waals surface area contributed by atoms with Crippen molar-refractivity contribution in [1.82, 2.24) is 0 Å². The van der Waals surface area contributed by atoms with Crippen LogP contribution in [0, 0.1) is 6.92 Å². The Morgan fingerprint density at radius 3 is 2.06 bits per heavy atom. The summed E-state index contributed by atoms with van der Waals surface area (Å²) >= 11 is 0. The zero-order valence-corrected chi connectivity index (χ0v) is 18.0. The van der Waals surface area contributed by atoms with E-state index < -0.39 is 0 Å². The van der Waals surface area contributed by atoms with Gasteiger partial charge < -0.3 is 28.4 Å². The van der Waals surface area contributed by atoms with Crippen molar-refractivity contribution in [2.45, 2.75) is 25.2 Å². The standard InChI is InChI=1S/C26H26O6/c1-16-5-4-8-22(25(16)31-14-19-11-28-19)24-21-7-3-2-6-17(21)9-23(30-13-18-10-27-18)26(24)32-15-20-12-29-20/h2-9,18-20H,10-15H2,1H3. The quantitative estimate of drug-likeness (QED) is 0.447. The largest absolute Gasteiger partial charge is 0.490 e. The molecule has 3 saturated heterocycles. The molecular formula is C26H26O6. The van der Waals surface area contributed by atoms with Crippen LogP contribution >= 0.6 is 0 Å². The Morgan fingerprint density at radius 2 is 1.38 bits per heavy atom. The van der Waals surface area contributed by atoms with Gasteiger partial charge in [0, 0.05) is 11.1 Å². The molecule has 0 spiro atoms. The monoisotopic (exact) mass is 434 g/mol. The van der Waals surface area contributed by atoms with Gasteiger partial charge in [0.1, 0.15) is 43.9 Å². The van der Waals surface area contributed by atoms with E-state index in [1.807, 2.05) is 12.1 Å². The van der Waals surface area contributed by atoms with E-state index in [0.717, 1.165) is 58.8 Å². The summed E-state index contributed by atoms with van der Waals surface area (Å²) in [6.45, 7) is 5.83. The van der Waals surface area contributed by atoms with Crippen molar-refractivity contribution in [1.29, 1.82) is 0 Å². The molecule has 3 aliphatic heterocycles.